The predicted molar refractivity (Wildman–Crippen MR) is 74.6 cm³/mol. The van der Waals surface area contributed by atoms with Gasteiger partial charge in [0, 0.05) is 11.4 Å². The van der Waals surface area contributed by atoms with Crippen molar-refractivity contribution >= 4 is 16.7 Å². The highest BCUT2D eigenvalue weighted by atomic mass is 15.0. The summed E-state index contributed by atoms with van der Waals surface area (Å²) in [5.74, 6) is 1.76. The summed E-state index contributed by atoms with van der Waals surface area (Å²) >= 11 is 0. The first-order valence-corrected chi connectivity index (χ1v) is 6.81. The van der Waals surface area contributed by atoms with Crippen LogP contribution >= 0.6 is 0 Å². The van der Waals surface area contributed by atoms with Gasteiger partial charge in [0.2, 0.25) is 0 Å². The highest BCUT2D eigenvalue weighted by Crippen LogP contribution is 2.30. The molecule has 1 fully saturated rings. The van der Waals surface area contributed by atoms with Crippen molar-refractivity contribution in [3.8, 4) is 0 Å². The van der Waals surface area contributed by atoms with Crippen molar-refractivity contribution in [1.29, 1.82) is 0 Å². The highest BCUT2D eigenvalue weighted by molar-refractivity contribution is 5.88. The molecule has 1 heterocycles. The third kappa shape index (κ3) is 2.17. The molecule has 0 aliphatic heterocycles. The molecule has 1 aromatic carbocycles. The lowest BCUT2D eigenvalue weighted by Gasteiger charge is -2.21. The van der Waals surface area contributed by atoms with E-state index >= 15 is 0 Å². The zero-order valence-corrected chi connectivity index (χ0v) is 10.8. The van der Waals surface area contributed by atoms with Gasteiger partial charge in [-0.25, -0.2) is 9.97 Å². The topological polar surface area (TPSA) is 37.8 Å². The van der Waals surface area contributed by atoms with Gasteiger partial charge in [-0.05, 0) is 37.8 Å². The Balaban J connectivity index is 1.85. The Morgan fingerprint density at radius 2 is 1.94 bits per heavy atom. The summed E-state index contributed by atoms with van der Waals surface area (Å²) in [6.45, 7) is 2.27. The van der Waals surface area contributed by atoms with Crippen LogP contribution in [0.2, 0.25) is 0 Å². The molecule has 3 rings (SSSR count). The summed E-state index contributed by atoms with van der Waals surface area (Å²) in [6.07, 6.45) is 7.09. The van der Waals surface area contributed by atoms with E-state index in [0.29, 0.717) is 6.04 Å². The molecule has 1 aromatic heterocycles. The number of para-hydroxylation sites is 1. The van der Waals surface area contributed by atoms with Gasteiger partial charge in [0.15, 0.2) is 0 Å². The number of nitrogens with one attached hydrogen (secondary N) is 1. The van der Waals surface area contributed by atoms with Crippen LogP contribution in [-0.2, 0) is 0 Å². The zero-order valence-electron chi connectivity index (χ0n) is 10.8. The number of fused-ring (bicyclic) bond motifs is 1. The molecule has 1 aliphatic rings. The van der Waals surface area contributed by atoms with E-state index in [1.807, 2.05) is 18.2 Å². The van der Waals surface area contributed by atoms with Crippen molar-refractivity contribution in [1.82, 2.24) is 9.97 Å². The van der Waals surface area contributed by atoms with Crippen molar-refractivity contribution in [3.05, 3.63) is 30.6 Å². The minimum atomic E-state index is 0.491. The number of aromatic nitrogens is 2. The van der Waals surface area contributed by atoms with Gasteiger partial charge >= 0.3 is 0 Å². The Kier molecular flexibility index (Phi) is 3.13. The Hall–Kier alpha value is -1.64. The van der Waals surface area contributed by atoms with Crippen LogP contribution in [0, 0.1) is 5.92 Å². The van der Waals surface area contributed by atoms with Crippen LogP contribution in [0.5, 0.6) is 0 Å². The molecule has 18 heavy (non-hydrogen) atoms. The number of hydrogen-bond donors (Lipinski definition) is 1. The molecule has 0 amide bonds. The quantitative estimate of drug-likeness (QED) is 0.891. The maximum Gasteiger partial charge on any atom is 0.137 e. The molecule has 1 atom stereocenters. The van der Waals surface area contributed by atoms with Crippen molar-refractivity contribution in [2.45, 2.75) is 38.6 Å². The lowest BCUT2D eigenvalue weighted by Crippen LogP contribution is -2.24. The predicted octanol–water partition coefficient (Wildman–Crippen LogP) is 3.62. The smallest absolute Gasteiger partial charge is 0.137 e. The SMILES string of the molecule is CC(Nc1ncnc2ccccc12)C1CCCC1. The molecule has 1 N–H and O–H groups in total. The Labute approximate surface area is 108 Å². The van der Waals surface area contributed by atoms with E-state index in [9.17, 15) is 0 Å². The Morgan fingerprint density at radius 3 is 2.78 bits per heavy atom. The monoisotopic (exact) mass is 241 g/mol. The number of hydrogen-bond acceptors (Lipinski definition) is 3. The molecule has 2 aromatic rings. The number of benzene rings is 1. The van der Waals surface area contributed by atoms with Crippen LogP contribution in [0.1, 0.15) is 32.6 Å². The van der Waals surface area contributed by atoms with Gasteiger partial charge in [-0.1, -0.05) is 25.0 Å². The van der Waals surface area contributed by atoms with Crippen molar-refractivity contribution in [3.63, 3.8) is 0 Å². The lowest BCUT2D eigenvalue weighted by molar-refractivity contribution is 0.481. The summed E-state index contributed by atoms with van der Waals surface area (Å²) in [5, 5.41) is 4.69. The first kappa shape index (κ1) is 11.5. The average molecular weight is 241 g/mol. The van der Waals surface area contributed by atoms with Gasteiger partial charge in [0.25, 0.3) is 0 Å². The minimum Gasteiger partial charge on any atom is -0.367 e. The number of anilines is 1. The Bertz CT molecular complexity index is 527. The van der Waals surface area contributed by atoms with Gasteiger partial charge in [0.05, 0.1) is 5.52 Å². The van der Waals surface area contributed by atoms with E-state index in [0.717, 1.165) is 22.6 Å². The van der Waals surface area contributed by atoms with Crippen LogP contribution in [0.4, 0.5) is 5.82 Å². The fourth-order valence-corrected chi connectivity index (χ4v) is 2.91. The first-order valence-electron chi connectivity index (χ1n) is 6.81. The van der Waals surface area contributed by atoms with Gasteiger partial charge in [-0.15, -0.1) is 0 Å². The van der Waals surface area contributed by atoms with Gasteiger partial charge in [-0.2, -0.15) is 0 Å². The largest absolute Gasteiger partial charge is 0.367 e. The summed E-state index contributed by atoms with van der Waals surface area (Å²) in [5.41, 5.74) is 1.01. The normalized spacial score (nSPS) is 18.1. The van der Waals surface area contributed by atoms with Crippen molar-refractivity contribution in [2.75, 3.05) is 5.32 Å². The van der Waals surface area contributed by atoms with E-state index in [-0.39, 0.29) is 0 Å². The molecule has 0 radical (unpaired) electrons. The number of nitrogens with zero attached hydrogens (tertiary/aromatic N) is 2. The van der Waals surface area contributed by atoms with E-state index < -0.39 is 0 Å². The molecule has 3 nitrogen and oxygen atoms in total. The van der Waals surface area contributed by atoms with Crippen LogP contribution in [-0.4, -0.2) is 16.0 Å². The molecular formula is C15H19N3. The van der Waals surface area contributed by atoms with Crippen molar-refractivity contribution in [2.24, 2.45) is 5.92 Å². The molecular weight excluding hydrogens is 222 g/mol. The van der Waals surface area contributed by atoms with Crippen LogP contribution in [0.15, 0.2) is 30.6 Å². The summed E-state index contributed by atoms with van der Waals surface area (Å²) < 4.78 is 0. The third-order valence-electron chi connectivity index (χ3n) is 4.01. The molecule has 3 heteroatoms. The summed E-state index contributed by atoms with van der Waals surface area (Å²) in [7, 11) is 0. The fraction of sp³-hybridized carbons (Fsp3) is 0.467. The molecule has 0 spiro atoms. The van der Waals surface area contributed by atoms with E-state index in [1.54, 1.807) is 6.33 Å². The van der Waals surface area contributed by atoms with Gasteiger partial charge in [0.1, 0.15) is 12.1 Å². The van der Waals surface area contributed by atoms with Crippen LogP contribution in [0.3, 0.4) is 0 Å². The molecule has 94 valence electrons. The average Bonchev–Trinajstić information content (AvgIpc) is 2.93. The molecule has 0 saturated heterocycles. The van der Waals surface area contributed by atoms with E-state index in [1.165, 1.54) is 25.7 Å². The van der Waals surface area contributed by atoms with E-state index in [4.69, 9.17) is 0 Å². The second kappa shape index (κ2) is 4.92. The zero-order chi connectivity index (χ0) is 12.4. The molecule has 1 saturated carbocycles. The standard InChI is InChI=1S/C15H19N3/c1-11(12-6-2-3-7-12)18-15-13-8-4-5-9-14(13)16-10-17-15/h4-5,8-12H,2-3,6-7H2,1H3,(H,16,17,18). The lowest BCUT2D eigenvalue weighted by atomic mass is 10.00. The molecule has 1 unspecified atom stereocenters. The van der Waals surface area contributed by atoms with Crippen LogP contribution in [0.25, 0.3) is 10.9 Å². The highest BCUT2D eigenvalue weighted by Gasteiger charge is 2.22. The van der Waals surface area contributed by atoms with E-state index in [2.05, 4.69) is 28.3 Å². The maximum atomic E-state index is 4.40. The molecule has 1 aliphatic carbocycles. The first-order chi connectivity index (χ1) is 8.84. The fourth-order valence-electron chi connectivity index (χ4n) is 2.91. The summed E-state index contributed by atoms with van der Waals surface area (Å²) in [4.78, 5) is 8.69. The second-order valence-electron chi connectivity index (χ2n) is 5.22. The van der Waals surface area contributed by atoms with Gasteiger partial charge in [-0.3, -0.25) is 0 Å². The number of rotatable bonds is 3. The maximum absolute atomic E-state index is 4.40. The Morgan fingerprint density at radius 1 is 1.17 bits per heavy atom. The second-order valence-corrected chi connectivity index (χ2v) is 5.22. The third-order valence-corrected chi connectivity index (χ3v) is 4.01. The summed E-state index contributed by atoms with van der Waals surface area (Å²) in [6, 6.07) is 8.66. The van der Waals surface area contributed by atoms with Gasteiger partial charge < -0.3 is 5.32 Å². The minimum absolute atomic E-state index is 0.491. The van der Waals surface area contributed by atoms with Crippen LogP contribution < -0.4 is 5.32 Å². The van der Waals surface area contributed by atoms with Crippen molar-refractivity contribution < 1.29 is 0 Å². The molecule has 0 bridgehead atoms.